The molecule has 0 aliphatic heterocycles. The van der Waals surface area contributed by atoms with Gasteiger partial charge in [-0.2, -0.15) is 0 Å². The van der Waals surface area contributed by atoms with Crippen molar-refractivity contribution in [3.05, 3.63) is 66.0 Å². The molecule has 1 aromatic carbocycles. The molecular weight excluding hydrogens is 664 g/mol. The summed E-state index contributed by atoms with van der Waals surface area (Å²) in [6.45, 7) is 9.16. The number of rotatable bonds is 19. The van der Waals surface area contributed by atoms with Gasteiger partial charge in [-0.25, -0.2) is 4.79 Å². The highest BCUT2D eigenvalue weighted by Gasteiger charge is 2.35. The molecule has 1 saturated carbocycles. The van der Waals surface area contributed by atoms with E-state index < -0.39 is 66.2 Å². The summed E-state index contributed by atoms with van der Waals surface area (Å²) < 4.78 is 5.30. The Morgan fingerprint density at radius 1 is 0.788 bits per heavy atom. The zero-order valence-electron chi connectivity index (χ0n) is 31.1. The molecule has 4 atom stereocenters. The second-order valence-electron chi connectivity index (χ2n) is 14.3. The van der Waals surface area contributed by atoms with Crippen molar-refractivity contribution in [1.29, 1.82) is 0 Å². The van der Waals surface area contributed by atoms with Crippen LogP contribution in [0.25, 0.3) is 0 Å². The van der Waals surface area contributed by atoms with Gasteiger partial charge in [-0.1, -0.05) is 96.7 Å². The quantitative estimate of drug-likeness (QED) is 0.134. The monoisotopic (exact) mass is 720 g/mol. The molecule has 0 spiro atoms. The lowest BCUT2D eigenvalue weighted by Gasteiger charge is -2.31. The minimum absolute atomic E-state index is 0.0129. The molecule has 0 saturated heterocycles. The van der Waals surface area contributed by atoms with Gasteiger partial charge in [0.2, 0.25) is 23.5 Å². The number of ether oxygens (including phenoxy) is 1. The summed E-state index contributed by atoms with van der Waals surface area (Å²) in [6.07, 6.45) is 6.22. The van der Waals surface area contributed by atoms with Gasteiger partial charge < -0.3 is 31.3 Å². The molecule has 13 heteroatoms. The summed E-state index contributed by atoms with van der Waals surface area (Å²) in [6, 6.07) is 10.9. The van der Waals surface area contributed by atoms with Crippen LogP contribution in [0.15, 0.2) is 54.7 Å². The van der Waals surface area contributed by atoms with Gasteiger partial charge in [-0.05, 0) is 61.1 Å². The molecule has 5 amide bonds. The maximum Gasteiger partial charge on any atom is 0.407 e. The van der Waals surface area contributed by atoms with Gasteiger partial charge in [0.1, 0.15) is 12.1 Å². The number of Topliss-reactive ketones (excluding diaryl/α,β-unsaturated/α-hetero) is 1. The third-order valence-corrected chi connectivity index (χ3v) is 8.83. The molecule has 1 aliphatic rings. The lowest BCUT2D eigenvalue weighted by molar-refractivity contribution is -0.141. The van der Waals surface area contributed by atoms with Gasteiger partial charge in [-0.3, -0.25) is 29.0 Å². The largest absolute Gasteiger partial charge is 0.449 e. The second-order valence-corrected chi connectivity index (χ2v) is 14.3. The minimum Gasteiger partial charge on any atom is -0.449 e. The molecule has 1 fully saturated rings. The molecule has 0 radical (unpaired) electrons. The van der Waals surface area contributed by atoms with Crippen LogP contribution in [0.1, 0.15) is 103 Å². The van der Waals surface area contributed by atoms with E-state index in [0.717, 1.165) is 37.7 Å². The summed E-state index contributed by atoms with van der Waals surface area (Å²) in [5, 5.41) is 13.5. The van der Waals surface area contributed by atoms with E-state index in [1.807, 2.05) is 65.0 Å². The van der Waals surface area contributed by atoms with Gasteiger partial charge in [0.25, 0.3) is 5.91 Å². The van der Waals surface area contributed by atoms with Crippen molar-refractivity contribution in [3.63, 3.8) is 0 Å². The van der Waals surface area contributed by atoms with Crippen molar-refractivity contribution in [2.75, 3.05) is 13.2 Å². The van der Waals surface area contributed by atoms with Crippen molar-refractivity contribution in [2.45, 2.75) is 110 Å². The van der Waals surface area contributed by atoms with E-state index in [-0.39, 0.29) is 37.2 Å². The highest BCUT2D eigenvalue weighted by molar-refractivity contribution is 6.38. The Balaban J connectivity index is 1.66. The highest BCUT2D eigenvalue weighted by atomic mass is 16.5. The minimum atomic E-state index is -1.18. The van der Waals surface area contributed by atoms with Crippen LogP contribution in [0.4, 0.5) is 4.79 Å². The smallest absolute Gasteiger partial charge is 0.407 e. The highest BCUT2D eigenvalue weighted by Crippen LogP contribution is 2.27. The van der Waals surface area contributed by atoms with E-state index in [1.54, 1.807) is 24.4 Å². The molecule has 2 unspecified atom stereocenters. The van der Waals surface area contributed by atoms with E-state index in [4.69, 9.17) is 4.74 Å². The molecule has 5 N–H and O–H groups in total. The fourth-order valence-electron chi connectivity index (χ4n) is 6.21. The van der Waals surface area contributed by atoms with Gasteiger partial charge in [0, 0.05) is 6.20 Å². The van der Waals surface area contributed by atoms with Crippen LogP contribution >= 0.6 is 0 Å². The van der Waals surface area contributed by atoms with Crippen LogP contribution in [-0.4, -0.2) is 71.8 Å². The van der Waals surface area contributed by atoms with Crippen LogP contribution < -0.4 is 26.6 Å². The molecule has 1 aliphatic carbocycles. The Hall–Kier alpha value is -4.81. The molecule has 3 rings (SSSR count). The Morgan fingerprint density at radius 2 is 1.46 bits per heavy atom. The number of hydrogen-bond acceptors (Lipinski definition) is 8. The maximum absolute atomic E-state index is 13.7. The summed E-state index contributed by atoms with van der Waals surface area (Å²) in [4.78, 5) is 83.8. The Bertz CT molecular complexity index is 1420. The van der Waals surface area contributed by atoms with E-state index in [9.17, 15) is 28.8 Å². The van der Waals surface area contributed by atoms with Crippen molar-refractivity contribution < 1.29 is 33.5 Å². The SMILES string of the molecule is CCCC(NC(=O)[C@H](CC(C)C)NC(=O)[C@@H](NC(=O)OCC(C)C)C1CCCCC1)C(=O)C(=O)NCC(=O)NC(c1ccccc1)c1ccccn1. The van der Waals surface area contributed by atoms with E-state index >= 15 is 0 Å². The number of benzene rings is 1. The average Bonchev–Trinajstić information content (AvgIpc) is 3.14. The van der Waals surface area contributed by atoms with Crippen LogP contribution in [0.2, 0.25) is 0 Å². The zero-order valence-corrected chi connectivity index (χ0v) is 31.1. The molecule has 1 aromatic heterocycles. The number of alkyl carbamates (subject to hydrolysis) is 1. The number of carbonyl (C=O) groups is 6. The first kappa shape index (κ1) is 41.6. The van der Waals surface area contributed by atoms with Gasteiger partial charge in [-0.15, -0.1) is 0 Å². The number of pyridine rings is 1. The third-order valence-electron chi connectivity index (χ3n) is 8.83. The van der Waals surface area contributed by atoms with Gasteiger partial charge in [0.15, 0.2) is 0 Å². The number of hydrogen-bond donors (Lipinski definition) is 5. The fraction of sp³-hybridized carbons (Fsp3) is 0.564. The first-order valence-corrected chi connectivity index (χ1v) is 18.5. The Labute approximate surface area is 307 Å². The fourth-order valence-corrected chi connectivity index (χ4v) is 6.21. The van der Waals surface area contributed by atoms with E-state index in [0.29, 0.717) is 12.1 Å². The first-order chi connectivity index (χ1) is 24.9. The predicted molar refractivity (Wildman–Crippen MR) is 197 cm³/mol. The summed E-state index contributed by atoms with van der Waals surface area (Å²) >= 11 is 0. The zero-order chi connectivity index (χ0) is 38.0. The average molecular weight is 721 g/mol. The lowest BCUT2D eigenvalue weighted by atomic mass is 9.83. The van der Waals surface area contributed by atoms with Crippen LogP contribution in [-0.2, 0) is 28.7 Å². The number of amides is 5. The Kier molecular flexibility index (Phi) is 17.2. The maximum atomic E-state index is 13.7. The molecular formula is C39H56N6O7. The van der Waals surface area contributed by atoms with Gasteiger partial charge in [0.05, 0.1) is 30.9 Å². The van der Waals surface area contributed by atoms with E-state index in [2.05, 4.69) is 31.6 Å². The molecule has 284 valence electrons. The number of ketones is 1. The third kappa shape index (κ3) is 13.7. The number of aromatic nitrogens is 1. The van der Waals surface area contributed by atoms with Crippen LogP contribution in [0.5, 0.6) is 0 Å². The molecule has 0 bridgehead atoms. The van der Waals surface area contributed by atoms with Crippen molar-refractivity contribution in [2.24, 2.45) is 17.8 Å². The van der Waals surface area contributed by atoms with E-state index in [1.165, 1.54) is 0 Å². The number of carbonyl (C=O) groups excluding carboxylic acids is 6. The lowest BCUT2D eigenvalue weighted by Crippen LogP contribution is -2.58. The topological polar surface area (TPSA) is 185 Å². The Morgan fingerprint density at radius 3 is 2.08 bits per heavy atom. The van der Waals surface area contributed by atoms with Crippen LogP contribution in [0.3, 0.4) is 0 Å². The van der Waals surface area contributed by atoms with Crippen molar-refractivity contribution >= 4 is 35.5 Å². The number of nitrogens with zero attached hydrogens (tertiary/aromatic N) is 1. The van der Waals surface area contributed by atoms with Gasteiger partial charge >= 0.3 is 6.09 Å². The normalized spacial score (nSPS) is 15.4. The summed E-state index contributed by atoms with van der Waals surface area (Å²) in [5.41, 5.74) is 1.39. The summed E-state index contributed by atoms with van der Waals surface area (Å²) in [7, 11) is 0. The standard InChI is InChI=1S/C39H56N6O7/c1-6-15-30(35(47)38(50)41-23-32(46)44-33(27-16-9-7-10-17-27)29-20-13-14-21-40-29)42-36(48)31(22-25(2)3)43-37(49)34(28-18-11-8-12-19-28)45-39(51)52-24-26(4)5/h7,9-10,13-14,16-17,20-21,25-26,28,30-31,33-34H,6,8,11-12,15,18-19,22-24H2,1-5H3,(H,41,50)(H,42,48)(H,43,49)(H,44,46)(H,45,51)/t30?,31-,33?,34-/m0/s1. The second kappa shape index (κ2) is 21.5. The molecule has 1 heterocycles. The predicted octanol–water partition coefficient (Wildman–Crippen LogP) is 4.12. The number of nitrogens with one attached hydrogen (secondary N) is 5. The van der Waals surface area contributed by atoms with Crippen molar-refractivity contribution in [1.82, 2.24) is 31.6 Å². The van der Waals surface area contributed by atoms with Crippen LogP contribution in [0, 0.1) is 17.8 Å². The molecule has 52 heavy (non-hydrogen) atoms. The van der Waals surface area contributed by atoms with Crippen molar-refractivity contribution in [3.8, 4) is 0 Å². The molecule has 13 nitrogen and oxygen atoms in total. The first-order valence-electron chi connectivity index (χ1n) is 18.5. The summed E-state index contributed by atoms with van der Waals surface area (Å²) in [5.74, 6) is -3.60. The molecule has 2 aromatic rings.